The lowest BCUT2D eigenvalue weighted by molar-refractivity contribution is 0.0747. The Labute approximate surface area is 166 Å². The van der Waals surface area contributed by atoms with Crippen LogP contribution in [-0.4, -0.2) is 42.0 Å². The highest BCUT2D eigenvalue weighted by Gasteiger charge is 2.25. The standard InChI is InChI=1S/C19H20ClN5OS/c1-12-3-2-4-13(11-12)18(26)25-9-7-24(8-10-25)17-14(20)5-6-15-16(17)22-19(23-21)27-15/h2-6,11H,7-10,21H2,1H3,(H,22,23). The van der Waals surface area contributed by atoms with Gasteiger partial charge in [-0.25, -0.2) is 10.8 Å². The van der Waals surface area contributed by atoms with Crippen LogP contribution in [0.5, 0.6) is 0 Å². The molecule has 0 atom stereocenters. The van der Waals surface area contributed by atoms with Gasteiger partial charge in [0.25, 0.3) is 5.91 Å². The molecule has 2 heterocycles. The molecule has 140 valence electrons. The van der Waals surface area contributed by atoms with E-state index in [0.29, 0.717) is 36.3 Å². The quantitative estimate of drug-likeness (QED) is 0.519. The summed E-state index contributed by atoms with van der Waals surface area (Å²) in [5.41, 5.74) is 6.19. The summed E-state index contributed by atoms with van der Waals surface area (Å²) in [5.74, 6) is 5.58. The topological polar surface area (TPSA) is 74.5 Å². The fourth-order valence-corrected chi connectivity index (χ4v) is 4.46. The average Bonchev–Trinajstić information content (AvgIpc) is 3.11. The molecule has 1 amide bonds. The van der Waals surface area contributed by atoms with E-state index in [1.165, 1.54) is 11.3 Å². The van der Waals surface area contributed by atoms with Gasteiger partial charge < -0.3 is 9.80 Å². The number of carbonyl (C=O) groups excluding carboxylic acids is 1. The van der Waals surface area contributed by atoms with E-state index in [1.807, 2.05) is 48.2 Å². The van der Waals surface area contributed by atoms with Gasteiger partial charge in [0.15, 0.2) is 5.13 Å². The number of rotatable bonds is 3. The number of nitrogens with one attached hydrogen (secondary N) is 1. The van der Waals surface area contributed by atoms with Crippen molar-refractivity contribution in [3.05, 3.63) is 52.5 Å². The van der Waals surface area contributed by atoms with E-state index in [2.05, 4.69) is 15.3 Å². The Hall–Kier alpha value is -2.35. The molecule has 0 bridgehead atoms. The number of hydrogen-bond donors (Lipinski definition) is 2. The first-order valence-corrected chi connectivity index (χ1v) is 9.93. The number of nitrogen functional groups attached to an aromatic ring is 1. The maximum Gasteiger partial charge on any atom is 0.253 e. The molecule has 0 saturated carbocycles. The maximum atomic E-state index is 12.8. The number of benzene rings is 2. The lowest BCUT2D eigenvalue weighted by Crippen LogP contribution is -2.49. The van der Waals surface area contributed by atoms with Gasteiger partial charge in [0, 0.05) is 31.7 Å². The van der Waals surface area contributed by atoms with Crippen LogP contribution in [0.15, 0.2) is 36.4 Å². The highest BCUT2D eigenvalue weighted by atomic mass is 35.5. The second-order valence-electron chi connectivity index (χ2n) is 6.55. The zero-order valence-electron chi connectivity index (χ0n) is 14.9. The Morgan fingerprint density at radius 1 is 1.22 bits per heavy atom. The number of piperazine rings is 1. The van der Waals surface area contributed by atoms with Crippen LogP contribution in [0.1, 0.15) is 15.9 Å². The van der Waals surface area contributed by atoms with E-state index in [9.17, 15) is 4.79 Å². The smallest absolute Gasteiger partial charge is 0.253 e. The summed E-state index contributed by atoms with van der Waals surface area (Å²) < 4.78 is 1.03. The maximum absolute atomic E-state index is 12.8. The molecule has 1 aliphatic heterocycles. The minimum atomic E-state index is 0.0749. The van der Waals surface area contributed by atoms with Gasteiger partial charge in [0.05, 0.1) is 15.4 Å². The number of nitrogens with two attached hydrogens (primary N) is 1. The van der Waals surface area contributed by atoms with Gasteiger partial charge in [-0.15, -0.1) is 0 Å². The molecule has 1 fully saturated rings. The molecule has 3 N–H and O–H groups in total. The SMILES string of the molecule is Cc1cccc(C(=O)N2CCN(c3c(Cl)ccc4sc(NN)nc34)CC2)c1. The summed E-state index contributed by atoms with van der Waals surface area (Å²) in [4.78, 5) is 21.4. The minimum Gasteiger partial charge on any atom is -0.365 e. The molecule has 1 aromatic heterocycles. The van der Waals surface area contributed by atoms with Crippen LogP contribution in [0.3, 0.4) is 0 Å². The molecule has 4 rings (SSSR count). The number of halogens is 1. The normalized spacial score (nSPS) is 14.6. The van der Waals surface area contributed by atoms with Gasteiger partial charge in [-0.2, -0.15) is 0 Å². The number of aryl methyl sites for hydroxylation is 1. The fraction of sp³-hybridized carbons (Fsp3) is 0.263. The van der Waals surface area contributed by atoms with Crippen molar-refractivity contribution in [2.24, 2.45) is 5.84 Å². The molecule has 1 saturated heterocycles. The van der Waals surface area contributed by atoms with Crippen molar-refractivity contribution in [1.82, 2.24) is 9.88 Å². The first-order valence-electron chi connectivity index (χ1n) is 8.73. The van der Waals surface area contributed by atoms with E-state index < -0.39 is 0 Å². The van der Waals surface area contributed by atoms with E-state index >= 15 is 0 Å². The first-order chi connectivity index (χ1) is 13.1. The van der Waals surface area contributed by atoms with Crippen LogP contribution in [0.2, 0.25) is 5.02 Å². The van der Waals surface area contributed by atoms with Crippen molar-refractivity contribution >= 4 is 49.9 Å². The predicted octanol–water partition coefficient (Wildman–Crippen LogP) is 3.51. The first kappa shape index (κ1) is 18.0. The Bertz CT molecular complexity index is 997. The summed E-state index contributed by atoms with van der Waals surface area (Å²) in [5, 5.41) is 1.32. The Morgan fingerprint density at radius 2 is 2.00 bits per heavy atom. The monoisotopic (exact) mass is 401 g/mol. The van der Waals surface area contributed by atoms with Gasteiger partial charge in [0.2, 0.25) is 0 Å². The van der Waals surface area contributed by atoms with E-state index in [1.54, 1.807) is 0 Å². The van der Waals surface area contributed by atoms with Crippen molar-refractivity contribution in [3.63, 3.8) is 0 Å². The molecule has 27 heavy (non-hydrogen) atoms. The van der Waals surface area contributed by atoms with Crippen LogP contribution in [0.25, 0.3) is 10.2 Å². The van der Waals surface area contributed by atoms with Gasteiger partial charge in [-0.1, -0.05) is 40.6 Å². The lowest BCUT2D eigenvalue weighted by Gasteiger charge is -2.36. The third kappa shape index (κ3) is 3.45. The second-order valence-corrected chi connectivity index (χ2v) is 7.99. The number of aromatic nitrogens is 1. The van der Waals surface area contributed by atoms with Gasteiger partial charge in [0.1, 0.15) is 5.52 Å². The van der Waals surface area contributed by atoms with Crippen LogP contribution in [0, 0.1) is 6.92 Å². The van der Waals surface area contributed by atoms with E-state index in [0.717, 1.165) is 27.0 Å². The number of hydrogen-bond acceptors (Lipinski definition) is 6. The van der Waals surface area contributed by atoms with Gasteiger partial charge in [-0.05, 0) is 31.2 Å². The molecule has 8 heteroatoms. The summed E-state index contributed by atoms with van der Waals surface area (Å²) in [6.07, 6.45) is 0. The highest BCUT2D eigenvalue weighted by Crippen LogP contribution is 2.38. The van der Waals surface area contributed by atoms with Crippen LogP contribution in [-0.2, 0) is 0 Å². The largest absolute Gasteiger partial charge is 0.365 e. The molecular formula is C19H20ClN5OS. The number of amides is 1. The highest BCUT2D eigenvalue weighted by molar-refractivity contribution is 7.22. The van der Waals surface area contributed by atoms with Crippen molar-refractivity contribution in [2.45, 2.75) is 6.92 Å². The Kier molecular flexibility index (Phi) is 4.90. The van der Waals surface area contributed by atoms with Crippen LogP contribution in [0.4, 0.5) is 10.8 Å². The average molecular weight is 402 g/mol. The molecular weight excluding hydrogens is 382 g/mol. The zero-order valence-corrected chi connectivity index (χ0v) is 16.5. The number of thiazole rings is 1. The number of fused-ring (bicyclic) bond motifs is 1. The third-order valence-corrected chi connectivity index (χ3v) is 6.01. The summed E-state index contributed by atoms with van der Waals surface area (Å²) >= 11 is 7.98. The van der Waals surface area contributed by atoms with Gasteiger partial charge in [-0.3, -0.25) is 10.2 Å². The molecule has 1 aliphatic rings. The number of nitrogens with zero attached hydrogens (tertiary/aromatic N) is 3. The summed E-state index contributed by atoms with van der Waals surface area (Å²) in [6.45, 7) is 4.70. The van der Waals surface area contributed by atoms with E-state index in [4.69, 9.17) is 17.4 Å². The van der Waals surface area contributed by atoms with Crippen molar-refractivity contribution in [1.29, 1.82) is 0 Å². The fourth-order valence-electron chi connectivity index (χ4n) is 3.41. The molecule has 0 radical (unpaired) electrons. The molecule has 2 aromatic carbocycles. The summed E-state index contributed by atoms with van der Waals surface area (Å²) in [6, 6.07) is 11.6. The van der Waals surface area contributed by atoms with Crippen molar-refractivity contribution in [2.75, 3.05) is 36.5 Å². The number of anilines is 2. The molecule has 0 aliphatic carbocycles. The van der Waals surface area contributed by atoms with Crippen LogP contribution < -0.4 is 16.2 Å². The van der Waals surface area contributed by atoms with Crippen molar-refractivity contribution < 1.29 is 4.79 Å². The Balaban J connectivity index is 1.54. The lowest BCUT2D eigenvalue weighted by atomic mass is 10.1. The van der Waals surface area contributed by atoms with E-state index in [-0.39, 0.29) is 5.91 Å². The van der Waals surface area contributed by atoms with Gasteiger partial charge >= 0.3 is 0 Å². The Morgan fingerprint density at radius 3 is 2.70 bits per heavy atom. The second kappa shape index (κ2) is 7.34. The number of hydrazine groups is 1. The molecule has 6 nitrogen and oxygen atoms in total. The minimum absolute atomic E-state index is 0.0749. The molecule has 3 aromatic rings. The number of carbonyl (C=O) groups is 1. The van der Waals surface area contributed by atoms with Crippen molar-refractivity contribution in [3.8, 4) is 0 Å². The molecule has 0 spiro atoms. The van der Waals surface area contributed by atoms with Crippen LogP contribution >= 0.6 is 22.9 Å². The summed E-state index contributed by atoms with van der Waals surface area (Å²) in [7, 11) is 0. The zero-order chi connectivity index (χ0) is 19.0. The third-order valence-electron chi connectivity index (χ3n) is 4.76. The predicted molar refractivity (Wildman–Crippen MR) is 112 cm³/mol. The molecule has 0 unspecified atom stereocenters.